The van der Waals surface area contributed by atoms with Gasteiger partial charge < -0.3 is 4.40 Å². The molecule has 0 amide bonds. The van der Waals surface area contributed by atoms with E-state index in [1.54, 1.807) is 6.92 Å². The minimum absolute atomic E-state index is 0.0920. The van der Waals surface area contributed by atoms with Gasteiger partial charge in [-0.3, -0.25) is 4.79 Å². The molecule has 0 unspecified atom stereocenters. The molecule has 0 saturated heterocycles. The van der Waals surface area contributed by atoms with Crippen LogP contribution in [0.5, 0.6) is 0 Å². The number of carbonyl (C=O) groups is 1. The van der Waals surface area contributed by atoms with E-state index in [0.29, 0.717) is 0 Å². The minimum atomic E-state index is 0.0920. The van der Waals surface area contributed by atoms with Crippen LogP contribution in [0.15, 0.2) is 28.9 Å². The number of halogens is 1. The van der Waals surface area contributed by atoms with Crippen LogP contribution in [-0.2, 0) is 0 Å². The van der Waals surface area contributed by atoms with Crippen molar-refractivity contribution in [3.05, 3.63) is 40.1 Å². The van der Waals surface area contributed by atoms with E-state index in [0.717, 1.165) is 21.2 Å². The second kappa shape index (κ2) is 3.24. The van der Waals surface area contributed by atoms with Crippen molar-refractivity contribution in [3.63, 3.8) is 0 Å². The van der Waals surface area contributed by atoms with E-state index >= 15 is 0 Å². The Balaban J connectivity index is 2.95. The molecule has 2 rings (SSSR count). The summed E-state index contributed by atoms with van der Waals surface area (Å²) in [5, 5.41) is 0. The molecule has 0 aliphatic rings. The van der Waals surface area contributed by atoms with E-state index in [1.807, 2.05) is 35.7 Å². The summed E-state index contributed by atoms with van der Waals surface area (Å²) in [7, 11) is 0. The fourth-order valence-corrected chi connectivity index (χ4v) is 2.24. The maximum absolute atomic E-state index is 11.5. The van der Waals surface area contributed by atoms with Gasteiger partial charge in [-0.25, -0.2) is 0 Å². The summed E-state index contributed by atoms with van der Waals surface area (Å²) in [6, 6.07) is 5.87. The fraction of sp³-hybridized carbons (Fsp3) is 0.182. The van der Waals surface area contributed by atoms with Gasteiger partial charge in [0.15, 0.2) is 5.78 Å². The van der Waals surface area contributed by atoms with Crippen LogP contribution in [0.2, 0.25) is 0 Å². The summed E-state index contributed by atoms with van der Waals surface area (Å²) in [6.07, 6.45) is 1.91. The SMILES string of the molecule is CC(=O)c1c(C)c(Br)c2ccccn12. The Labute approximate surface area is 90.7 Å². The van der Waals surface area contributed by atoms with Gasteiger partial charge in [0.2, 0.25) is 0 Å². The van der Waals surface area contributed by atoms with Gasteiger partial charge in [0.1, 0.15) is 0 Å². The fourth-order valence-electron chi connectivity index (χ4n) is 1.73. The second-order valence-electron chi connectivity index (χ2n) is 3.30. The van der Waals surface area contributed by atoms with Crippen molar-refractivity contribution in [1.82, 2.24) is 4.40 Å². The molecule has 0 N–H and O–H groups in total. The van der Waals surface area contributed by atoms with Gasteiger partial charge >= 0.3 is 0 Å². The zero-order valence-electron chi connectivity index (χ0n) is 8.04. The first-order valence-electron chi connectivity index (χ1n) is 4.39. The molecule has 0 aliphatic carbocycles. The van der Waals surface area contributed by atoms with Crippen molar-refractivity contribution in [2.45, 2.75) is 13.8 Å². The number of aromatic nitrogens is 1. The van der Waals surface area contributed by atoms with Crippen LogP contribution >= 0.6 is 15.9 Å². The lowest BCUT2D eigenvalue weighted by molar-refractivity contribution is 0.101. The Hall–Kier alpha value is -1.09. The molecule has 14 heavy (non-hydrogen) atoms. The number of ketones is 1. The Morgan fingerprint density at radius 1 is 1.43 bits per heavy atom. The van der Waals surface area contributed by atoms with Crippen molar-refractivity contribution in [1.29, 1.82) is 0 Å². The lowest BCUT2D eigenvalue weighted by Crippen LogP contribution is -1.99. The molecule has 2 aromatic rings. The normalized spacial score (nSPS) is 10.8. The standard InChI is InChI=1S/C11H10BrNO/c1-7-10(12)9-5-3-4-6-13(9)11(7)8(2)14/h3-6H,1-2H3. The van der Waals surface area contributed by atoms with Gasteiger partial charge in [0, 0.05) is 17.6 Å². The first-order chi connectivity index (χ1) is 6.63. The highest BCUT2D eigenvalue weighted by molar-refractivity contribution is 9.10. The van der Waals surface area contributed by atoms with E-state index in [-0.39, 0.29) is 5.78 Å². The third-order valence-corrected chi connectivity index (χ3v) is 3.34. The predicted octanol–water partition coefficient (Wildman–Crippen LogP) is 3.21. The zero-order chi connectivity index (χ0) is 10.3. The lowest BCUT2D eigenvalue weighted by atomic mass is 10.2. The van der Waals surface area contributed by atoms with E-state index in [4.69, 9.17) is 0 Å². The van der Waals surface area contributed by atoms with Crippen LogP contribution in [0.3, 0.4) is 0 Å². The molecule has 2 nitrogen and oxygen atoms in total. The van der Waals surface area contributed by atoms with Crippen LogP contribution in [0.1, 0.15) is 23.0 Å². The molecule has 2 heterocycles. The van der Waals surface area contributed by atoms with Crippen LogP contribution in [0, 0.1) is 6.92 Å². The number of pyridine rings is 1. The number of hydrogen-bond donors (Lipinski definition) is 0. The van der Waals surface area contributed by atoms with Crippen LogP contribution < -0.4 is 0 Å². The smallest absolute Gasteiger partial charge is 0.176 e. The summed E-state index contributed by atoms with van der Waals surface area (Å²) < 4.78 is 2.92. The predicted molar refractivity (Wildman–Crippen MR) is 59.8 cm³/mol. The summed E-state index contributed by atoms with van der Waals surface area (Å²) >= 11 is 3.50. The van der Waals surface area contributed by atoms with Crippen molar-refractivity contribution in [2.75, 3.05) is 0 Å². The molecule has 0 bridgehead atoms. The summed E-state index contributed by atoms with van der Waals surface area (Å²) in [6.45, 7) is 3.54. The van der Waals surface area contributed by atoms with Gasteiger partial charge in [0.05, 0.1) is 11.2 Å². The number of nitrogens with zero attached hydrogens (tertiary/aromatic N) is 1. The van der Waals surface area contributed by atoms with Gasteiger partial charge in [-0.05, 0) is 40.5 Å². The molecule has 3 heteroatoms. The van der Waals surface area contributed by atoms with Crippen molar-refractivity contribution in [2.24, 2.45) is 0 Å². The highest BCUT2D eigenvalue weighted by Gasteiger charge is 2.15. The van der Waals surface area contributed by atoms with Gasteiger partial charge in [-0.15, -0.1) is 0 Å². The van der Waals surface area contributed by atoms with Crippen molar-refractivity contribution >= 4 is 27.2 Å². The van der Waals surface area contributed by atoms with Crippen LogP contribution in [-0.4, -0.2) is 10.2 Å². The molecule has 72 valence electrons. The highest BCUT2D eigenvalue weighted by atomic mass is 79.9. The maximum Gasteiger partial charge on any atom is 0.176 e. The average molecular weight is 252 g/mol. The van der Waals surface area contributed by atoms with Gasteiger partial charge in [-0.1, -0.05) is 6.07 Å². The topological polar surface area (TPSA) is 21.5 Å². The third-order valence-electron chi connectivity index (χ3n) is 2.34. The average Bonchev–Trinajstić information content (AvgIpc) is 2.41. The Bertz CT molecular complexity index is 513. The van der Waals surface area contributed by atoms with E-state index in [1.165, 1.54) is 0 Å². The Morgan fingerprint density at radius 3 is 2.79 bits per heavy atom. The van der Waals surface area contributed by atoms with Crippen molar-refractivity contribution in [3.8, 4) is 0 Å². The minimum Gasteiger partial charge on any atom is -0.313 e. The maximum atomic E-state index is 11.5. The van der Waals surface area contributed by atoms with Gasteiger partial charge in [0.25, 0.3) is 0 Å². The summed E-state index contributed by atoms with van der Waals surface area (Å²) in [5.41, 5.74) is 2.80. The second-order valence-corrected chi connectivity index (χ2v) is 4.09. The zero-order valence-corrected chi connectivity index (χ0v) is 9.63. The third kappa shape index (κ3) is 1.20. The number of rotatable bonds is 1. The number of Topliss-reactive ketones (excluding diaryl/α,β-unsaturated/α-hetero) is 1. The number of fused-ring (bicyclic) bond motifs is 1. The number of carbonyl (C=O) groups excluding carboxylic acids is 1. The number of hydrogen-bond acceptors (Lipinski definition) is 1. The Morgan fingerprint density at radius 2 is 2.14 bits per heavy atom. The molecule has 0 aliphatic heterocycles. The molecule has 0 aromatic carbocycles. The molecule has 0 atom stereocenters. The van der Waals surface area contributed by atoms with Gasteiger partial charge in [-0.2, -0.15) is 0 Å². The lowest BCUT2D eigenvalue weighted by Gasteiger charge is -1.98. The largest absolute Gasteiger partial charge is 0.313 e. The quantitative estimate of drug-likeness (QED) is 0.714. The van der Waals surface area contributed by atoms with Crippen LogP contribution in [0.4, 0.5) is 0 Å². The molecular weight excluding hydrogens is 242 g/mol. The first kappa shape index (κ1) is 9.46. The van der Waals surface area contributed by atoms with E-state index in [2.05, 4.69) is 15.9 Å². The van der Waals surface area contributed by atoms with Crippen LogP contribution in [0.25, 0.3) is 5.52 Å². The van der Waals surface area contributed by atoms with Crippen molar-refractivity contribution < 1.29 is 4.79 Å². The molecule has 0 fully saturated rings. The summed E-state index contributed by atoms with van der Waals surface area (Å²) in [4.78, 5) is 11.5. The monoisotopic (exact) mass is 251 g/mol. The molecule has 2 aromatic heterocycles. The van der Waals surface area contributed by atoms with E-state index < -0.39 is 0 Å². The molecule has 0 radical (unpaired) electrons. The highest BCUT2D eigenvalue weighted by Crippen LogP contribution is 2.28. The summed E-state index contributed by atoms with van der Waals surface area (Å²) in [5.74, 6) is 0.0920. The first-order valence-corrected chi connectivity index (χ1v) is 5.18. The molecular formula is C11H10BrNO. The molecule has 0 spiro atoms. The van der Waals surface area contributed by atoms with E-state index in [9.17, 15) is 4.79 Å². The Kier molecular flexibility index (Phi) is 2.19. The molecule has 0 saturated carbocycles.